The maximum atomic E-state index is 12.6. The molecule has 1 heterocycles. The van der Waals surface area contributed by atoms with Gasteiger partial charge in [-0.3, -0.25) is 9.59 Å². The van der Waals surface area contributed by atoms with E-state index in [1.807, 2.05) is 48.5 Å². The molecule has 2 amide bonds. The highest BCUT2D eigenvalue weighted by molar-refractivity contribution is 9.10. The normalized spacial score (nSPS) is 17.6. The van der Waals surface area contributed by atoms with Crippen molar-refractivity contribution in [3.63, 3.8) is 0 Å². The molecule has 2 aromatic carbocycles. The zero-order chi connectivity index (χ0) is 16.9. The zero-order valence-corrected chi connectivity index (χ0v) is 14.5. The summed E-state index contributed by atoms with van der Waals surface area (Å²) in [5.41, 5.74) is 1.65. The largest absolute Gasteiger partial charge is 0.369 e. The van der Waals surface area contributed by atoms with Crippen LogP contribution in [0.15, 0.2) is 59.1 Å². The predicted octanol–water partition coefficient (Wildman–Crippen LogP) is 2.82. The molecule has 0 aliphatic carbocycles. The molecule has 0 radical (unpaired) electrons. The number of anilines is 1. The molecule has 0 aromatic heterocycles. The molecular weight excluding hydrogens is 372 g/mol. The number of nitrogens with one attached hydrogen (secondary N) is 1. The van der Waals surface area contributed by atoms with Crippen molar-refractivity contribution in [2.45, 2.75) is 12.6 Å². The average molecular weight is 389 g/mol. The highest BCUT2D eigenvalue weighted by atomic mass is 79.9. The first kappa shape index (κ1) is 16.7. The van der Waals surface area contributed by atoms with Gasteiger partial charge in [-0.2, -0.15) is 0 Å². The molecule has 24 heavy (non-hydrogen) atoms. The fraction of sp³-hybridized carbons (Fsp3) is 0.222. The topological polar surface area (TPSA) is 58.6 Å². The molecule has 1 unspecified atom stereocenters. The molecule has 1 saturated heterocycles. The molecule has 6 heteroatoms. The summed E-state index contributed by atoms with van der Waals surface area (Å²) in [7, 11) is 0. The Hall–Kier alpha value is -2.18. The van der Waals surface area contributed by atoms with E-state index in [9.17, 15) is 9.59 Å². The lowest BCUT2D eigenvalue weighted by Crippen LogP contribution is -2.54. The van der Waals surface area contributed by atoms with Gasteiger partial charge >= 0.3 is 0 Å². The molecule has 3 rings (SSSR count). The summed E-state index contributed by atoms with van der Waals surface area (Å²) < 4.78 is 6.16. The van der Waals surface area contributed by atoms with E-state index < -0.39 is 6.04 Å². The van der Waals surface area contributed by atoms with Gasteiger partial charge in [-0.15, -0.1) is 0 Å². The van der Waals surface area contributed by atoms with E-state index in [1.54, 1.807) is 11.0 Å². The molecule has 5 nitrogen and oxygen atoms in total. The lowest BCUT2D eigenvalue weighted by Gasteiger charge is -2.34. The molecule has 0 saturated carbocycles. The molecule has 0 bridgehead atoms. The first-order valence-corrected chi connectivity index (χ1v) is 8.40. The molecule has 1 N–H and O–H groups in total. The lowest BCUT2D eigenvalue weighted by atomic mass is 10.1. The van der Waals surface area contributed by atoms with Crippen LogP contribution in [0.4, 0.5) is 5.69 Å². The van der Waals surface area contributed by atoms with Crippen LogP contribution < -0.4 is 5.32 Å². The number of amides is 2. The fourth-order valence-corrected chi connectivity index (χ4v) is 2.99. The first-order valence-electron chi connectivity index (χ1n) is 7.61. The van der Waals surface area contributed by atoms with Gasteiger partial charge in [-0.1, -0.05) is 52.3 Å². The summed E-state index contributed by atoms with van der Waals surface area (Å²) in [6.07, 6.45) is 0. The Morgan fingerprint density at radius 2 is 2.00 bits per heavy atom. The summed E-state index contributed by atoms with van der Waals surface area (Å²) in [4.78, 5) is 26.4. The highest BCUT2D eigenvalue weighted by Gasteiger charge is 2.34. The van der Waals surface area contributed by atoms with Crippen LogP contribution in [0.5, 0.6) is 0 Å². The van der Waals surface area contributed by atoms with Crippen molar-refractivity contribution in [1.82, 2.24) is 4.90 Å². The molecule has 1 aliphatic heterocycles. The molecule has 124 valence electrons. The summed E-state index contributed by atoms with van der Waals surface area (Å²) in [5.74, 6) is -0.434. The van der Waals surface area contributed by atoms with Crippen LogP contribution in [0.25, 0.3) is 0 Å². The van der Waals surface area contributed by atoms with Crippen molar-refractivity contribution in [2.75, 3.05) is 18.5 Å². The van der Waals surface area contributed by atoms with E-state index in [4.69, 9.17) is 4.74 Å². The van der Waals surface area contributed by atoms with Gasteiger partial charge in [0.1, 0.15) is 12.6 Å². The van der Waals surface area contributed by atoms with Gasteiger partial charge in [-0.05, 0) is 23.8 Å². The third-order valence-electron chi connectivity index (χ3n) is 3.79. The van der Waals surface area contributed by atoms with Crippen LogP contribution in [0, 0.1) is 0 Å². The summed E-state index contributed by atoms with van der Waals surface area (Å²) in [6, 6.07) is 16.3. The zero-order valence-electron chi connectivity index (χ0n) is 12.9. The molecule has 0 spiro atoms. The van der Waals surface area contributed by atoms with Crippen LogP contribution in [-0.4, -0.2) is 36.0 Å². The van der Waals surface area contributed by atoms with E-state index in [1.165, 1.54) is 0 Å². The second-order valence-electron chi connectivity index (χ2n) is 5.54. The van der Waals surface area contributed by atoms with Crippen LogP contribution >= 0.6 is 15.9 Å². The van der Waals surface area contributed by atoms with E-state index in [0.29, 0.717) is 12.2 Å². The number of carbonyl (C=O) groups excluding carboxylic acids is 2. The van der Waals surface area contributed by atoms with Gasteiger partial charge in [0, 0.05) is 16.7 Å². The van der Waals surface area contributed by atoms with Crippen molar-refractivity contribution >= 4 is 33.4 Å². The van der Waals surface area contributed by atoms with Crippen molar-refractivity contribution in [2.24, 2.45) is 0 Å². The molecule has 1 aliphatic rings. The van der Waals surface area contributed by atoms with Gasteiger partial charge in [0.05, 0.1) is 6.61 Å². The number of halogens is 1. The minimum Gasteiger partial charge on any atom is -0.369 e. The lowest BCUT2D eigenvalue weighted by molar-refractivity contribution is -0.154. The van der Waals surface area contributed by atoms with Crippen LogP contribution in [0.1, 0.15) is 5.56 Å². The second-order valence-corrected chi connectivity index (χ2v) is 6.45. The monoisotopic (exact) mass is 388 g/mol. The van der Waals surface area contributed by atoms with Gasteiger partial charge in [-0.25, -0.2) is 0 Å². The van der Waals surface area contributed by atoms with Crippen LogP contribution in [0.3, 0.4) is 0 Å². The van der Waals surface area contributed by atoms with Crippen molar-refractivity contribution in [3.05, 3.63) is 64.6 Å². The number of rotatable bonds is 4. The summed E-state index contributed by atoms with van der Waals surface area (Å²) in [5, 5.41) is 2.85. The summed E-state index contributed by atoms with van der Waals surface area (Å²) >= 11 is 3.37. The minimum absolute atomic E-state index is 0.00744. The Kier molecular flexibility index (Phi) is 5.27. The third-order valence-corrected chi connectivity index (χ3v) is 4.28. The van der Waals surface area contributed by atoms with Gasteiger partial charge in [0.25, 0.3) is 0 Å². The number of benzene rings is 2. The first-order chi connectivity index (χ1) is 11.6. The predicted molar refractivity (Wildman–Crippen MR) is 94.4 cm³/mol. The standard InChI is InChI=1S/C18H17BrN2O3/c19-14-7-4-8-15(9-14)20-18(23)16-11-24-12-17(22)21(16)10-13-5-2-1-3-6-13/h1-9,16H,10-12H2,(H,20,23). The van der Waals surface area contributed by atoms with Gasteiger partial charge in [0.15, 0.2) is 0 Å². The molecule has 2 aromatic rings. The Morgan fingerprint density at radius 3 is 2.75 bits per heavy atom. The van der Waals surface area contributed by atoms with E-state index in [2.05, 4.69) is 21.2 Å². The number of ether oxygens (including phenoxy) is 1. The van der Waals surface area contributed by atoms with E-state index in [0.717, 1.165) is 10.0 Å². The summed E-state index contributed by atoms with van der Waals surface area (Å²) in [6.45, 7) is 0.589. The Balaban J connectivity index is 1.75. The fourth-order valence-electron chi connectivity index (χ4n) is 2.59. The average Bonchev–Trinajstić information content (AvgIpc) is 2.57. The highest BCUT2D eigenvalue weighted by Crippen LogP contribution is 2.18. The van der Waals surface area contributed by atoms with Gasteiger partial charge in [0.2, 0.25) is 11.8 Å². The number of morpholine rings is 1. The van der Waals surface area contributed by atoms with E-state index in [-0.39, 0.29) is 25.0 Å². The second kappa shape index (κ2) is 7.59. The number of hydrogen-bond acceptors (Lipinski definition) is 3. The smallest absolute Gasteiger partial charge is 0.249 e. The Morgan fingerprint density at radius 1 is 1.21 bits per heavy atom. The SMILES string of the molecule is O=C(Nc1cccc(Br)c1)C1COCC(=O)N1Cc1ccccc1. The van der Waals surface area contributed by atoms with Crippen molar-refractivity contribution in [3.8, 4) is 0 Å². The quantitative estimate of drug-likeness (QED) is 0.875. The molecular formula is C18H17BrN2O3. The molecule has 1 fully saturated rings. The van der Waals surface area contributed by atoms with Crippen molar-refractivity contribution in [1.29, 1.82) is 0 Å². The number of nitrogens with zero attached hydrogens (tertiary/aromatic N) is 1. The van der Waals surface area contributed by atoms with E-state index >= 15 is 0 Å². The minimum atomic E-state index is -0.648. The van der Waals surface area contributed by atoms with Crippen LogP contribution in [0.2, 0.25) is 0 Å². The maximum Gasteiger partial charge on any atom is 0.249 e. The Bertz CT molecular complexity index is 736. The third kappa shape index (κ3) is 4.01. The maximum absolute atomic E-state index is 12.6. The Labute approximate surface area is 148 Å². The van der Waals surface area contributed by atoms with Crippen LogP contribution in [-0.2, 0) is 20.9 Å². The van der Waals surface area contributed by atoms with Crippen molar-refractivity contribution < 1.29 is 14.3 Å². The number of hydrogen-bond donors (Lipinski definition) is 1. The van der Waals surface area contributed by atoms with Gasteiger partial charge < -0.3 is 15.0 Å². The number of carbonyl (C=O) groups is 2. The molecule has 1 atom stereocenters.